The summed E-state index contributed by atoms with van der Waals surface area (Å²) in [5.74, 6) is 0.637. The average Bonchev–Trinajstić information content (AvgIpc) is 2.09. The van der Waals surface area contributed by atoms with E-state index in [4.69, 9.17) is 0 Å². The lowest BCUT2D eigenvalue weighted by atomic mass is 10.4. The Bertz CT molecular complexity index is 223. The second-order valence-corrected chi connectivity index (χ2v) is 1.99. The van der Waals surface area contributed by atoms with Crippen LogP contribution in [0.4, 0.5) is 5.82 Å². The first-order valence-electron chi connectivity index (χ1n) is 3.30. The maximum Gasteiger partial charge on any atom is 0.215 e. The van der Waals surface area contributed by atoms with Gasteiger partial charge in [-0.15, -0.1) is 0 Å². The molecule has 1 aromatic heterocycles. The van der Waals surface area contributed by atoms with Gasteiger partial charge in [0, 0.05) is 12.7 Å². The number of hydrogen-bond donors (Lipinski definition) is 0. The van der Waals surface area contributed by atoms with E-state index >= 15 is 0 Å². The molecular weight excluding hydrogens is 140 g/mol. The molecule has 3 nitrogen and oxygen atoms in total. The van der Waals surface area contributed by atoms with Crippen LogP contribution >= 0.6 is 0 Å². The molecule has 0 aliphatic rings. The first kappa shape index (κ1) is 7.72. The molecule has 0 spiro atoms. The molecule has 0 unspecified atom stereocenters. The van der Waals surface area contributed by atoms with Crippen molar-refractivity contribution < 1.29 is 4.79 Å². The summed E-state index contributed by atoms with van der Waals surface area (Å²) in [6.07, 6.45) is 2.36. The maximum atomic E-state index is 10.4. The molecule has 11 heavy (non-hydrogen) atoms. The molecule has 0 bridgehead atoms. The predicted octanol–water partition coefficient (Wildman–Crippen LogP) is 0.878. The van der Waals surface area contributed by atoms with Crippen LogP contribution in [-0.4, -0.2) is 17.9 Å². The molecule has 0 saturated carbocycles. The van der Waals surface area contributed by atoms with Crippen LogP contribution in [0.15, 0.2) is 24.4 Å². The largest absolute Gasteiger partial charge is 0.299 e. The highest BCUT2D eigenvalue weighted by Crippen LogP contribution is 2.04. The van der Waals surface area contributed by atoms with Crippen molar-refractivity contribution in [2.24, 2.45) is 0 Å². The molecule has 0 fully saturated rings. The Balaban J connectivity index is 2.82. The number of pyridine rings is 1. The fourth-order valence-corrected chi connectivity index (χ4v) is 0.745. The van der Waals surface area contributed by atoms with Gasteiger partial charge in [0.15, 0.2) is 0 Å². The number of nitrogens with zero attached hydrogens (tertiary/aromatic N) is 2. The van der Waals surface area contributed by atoms with Gasteiger partial charge in [0.25, 0.3) is 0 Å². The topological polar surface area (TPSA) is 33.2 Å². The van der Waals surface area contributed by atoms with Crippen LogP contribution in [0.5, 0.6) is 0 Å². The van der Waals surface area contributed by atoms with Gasteiger partial charge in [-0.1, -0.05) is 6.07 Å². The van der Waals surface area contributed by atoms with Gasteiger partial charge in [-0.3, -0.25) is 9.69 Å². The Morgan fingerprint density at radius 1 is 1.64 bits per heavy atom. The number of carbonyl (C=O) groups excluding carboxylic acids is 1. The summed E-state index contributed by atoms with van der Waals surface area (Å²) in [5.41, 5.74) is 0. The number of rotatable bonds is 3. The predicted molar refractivity (Wildman–Crippen MR) is 43.0 cm³/mol. The van der Waals surface area contributed by atoms with E-state index in [1.807, 2.05) is 6.07 Å². The molecule has 1 radical (unpaired) electrons. The first-order valence-corrected chi connectivity index (χ1v) is 3.30. The van der Waals surface area contributed by atoms with E-state index in [-0.39, 0.29) is 0 Å². The van der Waals surface area contributed by atoms with Crippen LogP contribution in [0.3, 0.4) is 0 Å². The minimum Gasteiger partial charge on any atom is -0.299 e. The van der Waals surface area contributed by atoms with Crippen molar-refractivity contribution in [3.8, 4) is 0 Å². The summed E-state index contributed by atoms with van der Waals surface area (Å²) in [5, 5.41) is 0. The van der Waals surface area contributed by atoms with Crippen molar-refractivity contribution >= 4 is 12.2 Å². The van der Waals surface area contributed by atoms with Gasteiger partial charge in [-0.2, -0.15) is 0 Å². The smallest absolute Gasteiger partial charge is 0.215 e. The van der Waals surface area contributed by atoms with Gasteiger partial charge in [0.05, 0.1) is 0 Å². The van der Waals surface area contributed by atoms with Gasteiger partial charge in [0.1, 0.15) is 5.82 Å². The number of amides is 1. The van der Waals surface area contributed by atoms with Crippen LogP contribution in [0, 0.1) is 6.92 Å². The standard InChI is InChI=1S/C8H9N2O/c1-2-10(7-11)8-5-3-4-6-9-8/h3-7H,1-2H2. The van der Waals surface area contributed by atoms with E-state index in [0.717, 1.165) is 6.41 Å². The van der Waals surface area contributed by atoms with E-state index in [1.54, 1.807) is 18.3 Å². The zero-order valence-corrected chi connectivity index (χ0v) is 6.10. The van der Waals surface area contributed by atoms with Crippen LogP contribution in [0.1, 0.15) is 0 Å². The third kappa shape index (κ3) is 1.77. The fraction of sp³-hybridized carbons (Fsp3) is 0.125. The summed E-state index contributed by atoms with van der Waals surface area (Å²) in [6.45, 7) is 3.99. The van der Waals surface area contributed by atoms with Crippen molar-refractivity contribution in [1.29, 1.82) is 0 Å². The lowest BCUT2D eigenvalue weighted by molar-refractivity contribution is -0.107. The molecule has 0 N–H and O–H groups in total. The second kappa shape index (κ2) is 3.71. The van der Waals surface area contributed by atoms with Gasteiger partial charge in [-0.25, -0.2) is 4.98 Å². The highest BCUT2D eigenvalue weighted by atomic mass is 16.1. The third-order valence-electron chi connectivity index (χ3n) is 1.31. The number of carbonyl (C=O) groups is 1. The molecule has 0 aromatic carbocycles. The Hall–Kier alpha value is -1.38. The minimum absolute atomic E-state index is 0.403. The maximum absolute atomic E-state index is 10.4. The molecule has 0 aliphatic carbocycles. The Labute approximate surface area is 65.7 Å². The molecular formula is C8H9N2O. The average molecular weight is 149 g/mol. The molecule has 1 heterocycles. The quantitative estimate of drug-likeness (QED) is 0.598. The van der Waals surface area contributed by atoms with Crippen molar-refractivity contribution in [1.82, 2.24) is 4.98 Å². The van der Waals surface area contributed by atoms with Crippen molar-refractivity contribution in [2.45, 2.75) is 0 Å². The summed E-state index contributed by atoms with van der Waals surface area (Å²) >= 11 is 0. The number of hydrogen-bond acceptors (Lipinski definition) is 2. The zero-order valence-electron chi connectivity index (χ0n) is 6.10. The highest BCUT2D eigenvalue weighted by Gasteiger charge is 2.00. The van der Waals surface area contributed by atoms with E-state index in [0.29, 0.717) is 12.4 Å². The van der Waals surface area contributed by atoms with Crippen LogP contribution in [-0.2, 0) is 4.79 Å². The number of anilines is 1. The van der Waals surface area contributed by atoms with Gasteiger partial charge >= 0.3 is 0 Å². The Morgan fingerprint density at radius 3 is 2.91 bits per heavy atom. The third-order valence-corrected chi connectivity index (χ3v) is 1.31. The highest BCUT2D eigenvalue weighted by molar-refractivity contribution is 5.72. The molecule has 57 valence electrons. The van der Waals surface area contributed by atoms with E-state index in [2.05, 4.69) is 11.9 Å². The molecule has 1 rings (SSSR count). The van der Waals surface area contributed by atoms with Crippen molar-refractivity contribution in [3.63, 3.8) is 0 Å². The molecule has 1 amide bonds. The molecule has 1 aromatic rings. The van der Waals surface area contributed by atoms with Crippen molar-refractivity contribution in [2.75, 3.05) is 11.4 Å². The van der Waals surface area contributed by atoms with Gasteiger partial charge in [-0.05, 0) is 19.1 Å². The lowest BCUT2D eigenvalue weighted by Crippen LogP contribution is -2.21. The lowest BCUT2D eigenvalue weighted by Gasteiger charge is -2.11. The van der Waals surface area contributed by atoms with Crippen LogP contribution in [0.25, 0.3) is 0 Å². The van der Waals surface area contributed by atoms with E-state index in [1.165, 1.54) is 4.90 Å². The Morgan fingerprint density at radius 2 is 2.45 bits per heavy atom. The van der Waals surface area contributed by atoms with E-state index in [9.17, 15) is 4.79 Å². The molecule has 0 aliphatic heterocycles. The minimum atomic E-state index is 0.403. The fourth-order valence-electron chi connectivity index (χ4n) is 0.745. The van der Waals surface area contributed by atoms with E-state index < -0.39 is 0 Å². The second-order valence-electron chi connectivity index (χ2n) is 1.99. The van der Waals surface area contributed by atoms with Gasteiger partial charge < -0.3 is 0 Å². The van der Waals surface area contributed by atoms with Crippen LogP contribution < -0.4 is 4.90 Å². The summed E-state index contributed by atoms with van der Waals surface area (Å²) in [7, 11) is 0. The summed E-state index contributed by atoms with van der Waals surface area (Å²) in [6, 6.07) is 5.39. The van der Waals surface area contributed by atoms with Gasteiger partial charge in [0.2, 0.25) is 6.41 Å². The Kier molecular flexibility index (Phi) is 2.60. The molecule has 0 atom stereocenters. The molecule has 3 heteroatoms. The normalized spacial score (nSPS) is 9.18. The van der Waals surface area contributed by atoms with Crippen molar-refractivity contribution in [3.05, 3.63) is 31.3 Å². The summed E-state index contributed by atoms with van der Waals surface area (Å²) < 4.78 is 0. The monoisotopic (exact) mass is 149 g/mol. The number of aromatic nitrogens is 1. The first-order chi connectivity index (χ1) is 5.38. The van der Waals surface area contributed by atoms with Crippen LogP contribution in [0.2, 0.25) is 0 Å². The zero-order chi connectivity index (χ0) is 8.10. The molecule has 0 saturated heterocycles. The summed E-state index contributed by atoms with van der Waals surface area (Å²) in [4.78, 5) is 15.8. The SMILES string of the molecule is [CH2]CN(C=O)c1ccccn1.